The number of para-hydroxylation sites is 1. The maximum absolute atomic E-state index is 12.3. The van der Waals surface area contributed by atoms with Crippen molar-refractivity contribution in [2.45, 2.75) is 13.8 Å². The Labute approximate surface area is 128 Å². The van der Waals surface area contributed by atoms with Crippen LogP contribution in [0.25, 0.3) is 21.9 Å². The second kappa shape index (κ2) is 5.33. The lowest BCUT2D eigenvalue weighted by molar-refractivity contribution is 0.0526. The summed E-state index contributed by atoms with van der Waals surface area (Å²) in [6, 6.07) is 8.09. The molecule has 0 radical (unpaired) electrons. The summed E-state index contributed by atoms with van der Waals surface area (Å²) in [5, 5.41) is 5.19. The number of pyridine rings is 1. The van der Waals surface area contributed by atoms with Crippen LogP contribution in [0.1, 0.15) is 23.0 Å². The average Bonchev–Trinajstić information content (AvgIpc) is 2.79. The van der Waals surface area contributed by atoms with Crippen molar-refractivity contribution in [3.8, 4) is 0 Å². The fraction of sp³-hybridized carbons (Fsp3) is 0.294. The van der Waals surface area contributed by atoms with E-state index >= 15 is 0 Å². The van der Waals surface area contributed by atoms with Crippen molar-refractivity contribution in [1.82, 2.24) is 9.55 Å². The van der Waals surface area contributed by atoms with Crippen LogP contribution in [0.3, 0.4) is 0 Å². The lowest BCUT2D eigenvalue weighted by atomic mass is 10.1. The zero-order valence-electron chi connectivity index (χ0n) is 13.2. The van der Waals surface area contributed by atoms with Gasteiger partial charge in [-0.1, -0.05) is 18.2 Å². The van der Waals surface area contributed by atoms with E-state index in [1.54, 1.807) is 6.92 Å². The first-order valence-corrected chi connectivity index (χ1v) is 7.32. The third-order valence-corrected chi connectivity index (χ3v) is 3.94. The van der Waals surface area contributed by atoms with Gasteiger partial charge < -0.3 is 14.6 Å². The van der Waals surface area contributed by atoms with Crippen molar-refractivity contribution in [1.29, 1.82) is 0 Å². The van der Waals surface area contributed by atoms with Gasteiger partial charge in [0.1, 0.15) is 11.2 Å². The van der Waals surface area contributed by atoms with Crippen LogP contribution >= 0.6 is 0 Å². The molecule has 0 aliphatic carbocycles. The number of rotatable bonds is 3. The molecular weight excluding hydrogens is 278 g/mol. The molecule has 22 heavy (non-hydrogen) atoms. The van der Waals surface area contributed by atoms with Crippen molar-refractivity contribution in [3.63, 3.8) is 0 Å². The van der Waals surface area contributed by atoms with Crippen molar-refractivity contribution in [2.75, 3.05) is 19.0 Å². The molecule has 1 aromatic carbocycles. The molecule has 5 nitrogen and oxygen atoms in total. The van der Waals surface area contributed by atoms with Crippen LogP contribution in [0.5, 0.6) is 0 Å². The largest absolute Gasteiger partial charge is 0.462 e. The summed E-state index contributed by atoms with van der Waals surface area (Å²) in [7, 11) is 3.80. The van der Waals surface area contributed by atoms with Crippen LogP contribution in [0.2, 0.25) is 0 Å². The van der Waals surface area contributed by atoms with Crippen LogP contribution in [-0.4, -0.2) is 29.2 Å². The van der Waals surface area contributed by atoms with Gasteiger partial charge in [0.05, 0.1) is 28.9 Å². The molecule has 2 aromatic heterocycles. The Bertz CT molecular complexity index is 881. The van der Waals surface area contributed by atoms with E-state index in [2.05, 4.69) is 16.4 Å². The first-order chi connectivity index (χ1) is 10.6. The van der Waals surface area contributed by atoms with E-state index in [0.29, 0.717) is 17.9 Å². The van der Waals surface area contributed by atoms with E-state index in [9.17, 15) is 4.79 Å². The van der Waals surface area contributed by atoms with Crippen LogP contribution in [0.15, 0.2) is 24.3 Å². The smallest absolute Gasteiger partial charge is 0.342 e. The number of nitrogens with zero attached hydrogens (tertiary/aromatic N) is 2. The van der Waals surface area contributed by atoms with Gasteiger partial charge >= 0.3 is 5.97 Å². The van der Waals surface area contributed by atoms with Gasteiger partial charge in [0, 0.05) is 19.5 Å². The van der Waals surface area contributed by atoms with Crippen molar-refractivity contribution < 1.29 is 9.53 Å². The number of anilines is 1. The number of esters is 1. The quantitative estimate of drug-likeness (QED) is 0.754. The van der Waals surface area contributed by atoms with Crippen LogP contribution in [0, 0.1) is 6.92 Å². The number of nitrogens with one attached hydrogen (secondary N) is 1. The van der Waals surface area contributed by atoms with E-state index < -0.39 is 0 Å². The van der Waals surface area contributed by atoms with Crippen molar-refractivity contribution in [3.05, 3.63) is 35.5 Å². The van der Waals surface area contributed by atoms with Gasteiger partial charge in [-0.05, 0) is 19.9 Å². The highest BCUT2D eigenvalue weighted by Gasteiger charge is 2.23. The van der Waals surface area contributed by atoms with Crippen LogP contribution < -0.4 is 5.32 Å². The molecule has 1 N–H and O–H groups in total. The SMILES string of the molecule is CCOC(=O)c1c(C)nc2c(c1NC)c1ccccc1n2C. The van der Waals surface area contributed by atoms with Crippen LogP contribution in [-0.2, 0) is 11.8 Å². The highest BCUT2D eigenvalue weighted by atomic mass is 16.5. The molecule has 5 heteroatoms. The highest BCUT2D eigenvalue weighted by molar-refractivity contribution is 6.17. The number of hydrogen-bond acceptors (Lipinski definition) is 4. The molecule has 0 unspecified atom stereocenters. The molecule has 0 bridgehead atoms. The molecule has 0 amide bonds. The molecule has 0 saturated carbocycles. The van der Waals surface area contributed by atoms with Gasteiger partial charge in [-0.3, -0.25) is 0 Å². The maximum atomic E-state index is 12.3. The maximum Gasteiger partial charge on any atom is 0.342 e. The fourth-order valence-corrected chi connectivity index (χ4v) is 2.98. The third kappa shape index (κ3) is 1.93. The summed E-state index contributed by atoms with van der Waals surface area (Å²) in [5.41, 5.74) is 3.89. The number of ether oxygens (including phenoxy) is 1. The Kier molecular flexibility index (Phi) is 3.48. The van der Waals surface area contributed by atoms with Crippen molar-refractivity contribution >= 4 is 33.6 Å². The average molecular weight is 297 g/mol. The van der Waals surface area contributed by atoms with Crippen LogP contribution in [0.4, 0.5) is 5.69 Å². The second-order valence-electron chi connectivity index (χ2n) is 5.19. The molecule has 0 atom stereocenters. The fourth-order valence-electron chi connectivity index (χ4n) is 2.98. The Balaban J connectivity index is 2.47. The first kappa shape index (κ1) is 14.4. The topological polar surface area (TPSA) is 56.1 Å². The minimum Gasteiger partial charge on any atom is -0.462 e. The summed E-state index contributed by atoms with van der Waals surface area (Å²) in [6.45, 7) is 3.98. The molecule has 0 spiro atoms. The number of fused-ring (bicyclic) bond motifs is 3. The van der Waals surface area contributed by atoms with Gasteiger partial charge in [-0.15, -0.1) is 0 Å². The van der Waals surface area contributed by atoms with Gasteiger partial charge in [-0.25, -0.2) is 9.78 Å². The Hall–Kier alpha value is -2.56. The summed E-state index contributed by atoms with van der Waals surface area (Å²) >= 11 is 0. The molecule has 0 saturated heterocycles. The molecule has 0 fully saturated rings. The highest BCUT2D eigenvalue weighted by Crippen LogP contribution is 2.36. The lowest BCUT2D eigenvalue weighted by Gasteiger charge is -2.13. The zero-order chi connectivity index (χ0) is 15.9. The molecule has 2 heterocycles. The number of benzene rings is 1. The summed E-state index contributed by atoms with van der Waals surface area (Å²) in [4.78, 5) is 17.0. The van der Waals surface area contributed by atoms with E-state index in [1.165, 1.54) is 0 Å². The minimum atomic E-state index is -0.341. The van der Waals surface area contributed by atoms with E-state index in [-0.39, 0.29) is 5.97 Å². The Morgan fingerprint density at radius 3 is 2.77 bits per heavy atom. The summed E-state index contributed by atoms with van der Waals surface area (Å²) < 4.78 is 7.24. The number of hydrogen-bond donors (Lipinski definition) is 1. The van der Waals surface area contributed by atoms with E-state index in [0.717, 1.165) is 27.6 Å². The predicted molar refractivity (Wildman–Crippen MR) is 88.5 cm³/mol. The predicted octanol–water partition coefficient (Wildman–Crippen LogP) is 3.25. The normalized spacial score (nSPS) is 11.1. The number of aryl methyl sites for hydroxylation is 2. The number of aromatic nitrogens is 2. The molecule has 0 aliphatic heterocycles. The van der Waals surface area contributed by atoms with Gasteiger partial charge in [0.15, 0.2) is 0 Å². The first-order valence-electron chi connectivity index (χ1n) is 7.32. The standard InChI is InChI=1S/C17H19N3O2/c1-5-22-17(21)13-10(2)19-16-14(15(13)18-3)11-8-6-7-9-12(11)20(16)4/h6-9H,5H2,1-4H3,(H,18,19). The number of carbonyl (C=O) groups excluding carboxylic acids is 1. The lowest BCUT2D eigenvalue weighted by Crippen LogP contribution is -2.12. The van der Waals surface area contributed by atoms with Gasteiger partial charge in [0.25, 0.3) is 0 Å². The second-order valence-corrected chi connectivity index (χ2v) is 5.19. The van der Waals surface area contributed by atoms with Gasteiger partial charge in [-0.2, -0.15) is 0 Å². The third-order valence-electron chi connectivity index (χ3n) is 3.94. The molecule has 3 rings (SSSR count). The van der Waals surface area contributed by atoms with E-state index in [4.69, 9.17) is 4.74 Å². The monoisotopic (exact) mass is 297 g/mol. The minimum absolute atomic E-state index is 0.341. The van der Waals surface area contributed by atoms with Crippen molar-refractivity contribution in [2.24, 2.45) is 7.05 Å². The number of carbonyl (C=O) groups is 1. The zero-order valence-corrected chi connectivity index (χ0v) is 13.2. The Morgan fingerprint density at radius 1 is 1.36 bits per heavy atom. The summed E-state index contributed by atoms with van der Waals surface area (Å²) in [5.74, 6) is -0.341. The Morgan fingerprint density at radius 2 is 2.09 bits per heavy atom. The summed E-state index contributed by atoms with van der Waals surface area (Å²) in [6.07, 6.45) is 0. The molecular formula is C17H19N3O2. The molecule has 114 valence electrons. The molecule has 3 aromatic rings. The van der Waals surface area contributed by atoms with E-state index in [1.807, 2.05) is 43.8 Å². The van der Waals surface area contributed by atoms with Gasteiger partial charge in [0.2, 0.25) is 0 Å². The molecule has 0 aliphatic rings.